The van der Waals surface area contributed by atoms with Gasteiger partial charge in [0.25, 0.3) is 0 Å². The number of aryl methyl sites for hydroxylation is 1. The average molecular weight is 318 g/mol. The summed E-state index contributed by atoms with van der Waals surface area (Å²) >= 11 is 0. The van der Waals surface area contributed by atoms with E-state index in [1.54, 1.807) is 0 Å². The van der Waals surface area contributed by atoms with Crippen LogP contribution >= 0.6 is 7.82 Å². The Balaban J connectivity index is 2.95. The van der Waals surface area contributed by atoms with Gasteiger partial charge in [-0.25, -0.2) is 0 Å². The van der Waals surface area contributed by atoms with E-state index in [1.807, 2.05) is 0 Å². The molecule has 21 heavy (non-hydrogen) atoms. The van der Waals surface area contributed by atoms with E-state index in [9.17, 15) is 29.4 Å². The topological polar surface area (TPSA) is 162 Å². The van der Waals surface area contributed by atoms with Crippen molar-refractivity contribution in [3.8, 4) is 5.75 Å². The Morgan fingerprint density at radius 1 is 1.57 bits per heavy atom. The van der Waals surface area contributed by atoms with Crippen LogP contribution in [-0.2, 0) is 27.0 Å². The van der Waals surface area contributed by atoms with Gasteiger partial charge in [-0.2, -0.15) is 0 Å². The van der Waals surface area contributed by atoms with E-state index in [4.69, 9.17) is 0 Å². The van der Waals surface area contributed by atoms with Gasteiger partial charge in [0.1, 0.15) is 18.3 Å². The van der Waals surface area contributed by atoms with Crippen LogP contribution in [-0.4, -0.2) is 22.1 Å². The molecule has 0 fully saturated rings. The number of rotatable bonds is 7. The first-order valence-electron chi connectivity index (χ1n) is 5.99. The fourth-order valence-corrected chi connectivity index (χ4v) is 1.87. The molecular weight excluding hydrogens is 303 g/mol. The molecule has 1 atom stereocenters. The van der Waals surface area contributed by atoms with Crippen LogP contribution in [0.5, 0.6) is 5.75 Å². The second-order valence-electron chi connectivity index (χ2n) is 4.46. The number of phosphoric acid groups is 1. The number of hydrogen-bond donors (Lipinski definition) is 2. The zero-order chi connectivity index (χ0) is 16.2. The van der Waals surface area contributed by atoms with Gasteiger partial charge in [0.05, 0.1) is 31.7 Å². The van der Waals surface area contributed by atoms with Gasteiger partial charge in [0, 0.05) is 11.8 Å². The van der Waals surface area contributed by atoms with Crippen LogP contribution in [0.3, 0.4) is 0 Å². The van der Waals surface area contributed by atoms with Gasteiger partial charge in [0.2, 0.25) is 0 Å². The van der Waals surface area contributed by atoms with Crippen LogP contribution in [0, 0.1) is 6.92 Å². The van der Waals surface area contributed by atoms with Crippen molar-refractivity contribution in [3.05, 3.63) is 23.0 Å². The minimum Gasteiger partial charge on any atom is -0.790 e. The normalized spacial score (nSPS) is 13.1. The minimum absolute atomic E-state index is 0.0328. The van der Waals surface area contributed by atoms with E-state index in [-0.39, 0.29) is 29.1 Å². The number of aromatic nitrogens is 1. The summed E-state index contributed by atoms with van der Waals surface area (Å²) in [6.07, 6.45) is 1.26. The highest BCUT2D eigenvalue weighted by Gasteiger charge is 2.16. The van der Waals surface area contributed by atoms with Crippen molar-refractivity contribution in [2.75, 3.05) is 0 Å². The first-order chi connectivity index (χ1) is 9.61. The molecule has 1 heterocycles. The average Bonchev–Trinajstić information content (AvgIpc) is 2.37. The number of carboxylic acids is 1. The SMILES string of the molecule is Cc1ncc(COP(=O)([O-])[O-])c(C[NH2+][C@H](C)C(=O)[O-])c1O. The summed E-state index contributed by atoms with van der Waals surface area (Å²) in [5, 5.41) is 22.0. The number of aromatic hydroxyl groups is 1. The fourth-order valence-electron chi connectivity index (χ4n) is 1.58. The van der Waals surface area contributed by atoms with Gasteiger partial charge in [-0.05, 0) is 13.8 Å². The Morgan fingerprint density at radius 2 is 2.19 bits per heavy atom. The Labute approximate surface area is 120 Å². The molecule has 0 aromatic carbocycles. The molecule has 0 aliphatic carbocycles. The molecule has 0 saturated carbocycles. The van der Waals surface area contributed by atoms with Gasteiger partial charge in [0.15, 0.2) is 0 Å². The lowest BCUT2D eigenvalue weighted by Crippen LogP contribution is -2.91. The third-order valence-electron chi connectivity index (χ3n) is 2.86. The highest BCUT2D eigenvalue weighted by Crippen LogP contribution is 2.29. The van der Waals surface area contributed by atoms with Crippen molar-refractivity contribution in [1.29, 1.82) is 0 Å². The number of nitrogens with zero attached hydrogens (tertiary/aromatic N) is 1. The van der Waals surface area contributed by atoms with Crippen molar-refractivity contribution >= 4 is 13.8 Å². The Hall–Kier alpha value is -1.51. The number of carboxylic acid groups (broad SMARTS) is 1. The van der Waals surface area contributed by atoms with Crippen LogP contribution < -0.4 is 20.2 Å². The number of phosphoric ester groups is 1. The summed E-state index contributed by atoms with van der Waals surface area (Å²) in [5.41, 5.74) is 0.728. The van der Waals surface area contributed by atoms with Crippen molar-refractivity contribution in [1.82, 2.24) is 4.98 Å². The van der Waals surface area contributed by atoms with Gasteiger partial charge >= 0.3 is 0 Å². The maximum absolute atomic E-state index is 10.7. The summed E-state index contributed by atoms with van der Waals surface area (Å²) in [7, 11) is -5.16. The molecule has 1 rings (SSSR count). The number of aliphatic carboxylic acids is 1. The van der Waals surface area contributed by atoms with E-state index in [0.717, 1.165) is 0 Å². The molecule has 1 aromatic heterocycles. The maximum atomic E-state index is 10.7. The molecule has 0 spiro atoms. The highest BCUT2D eigenvalue weighted by atomic mass is 31.2. The first-order valence-corrected chi connectivity index (χ1v) is 7.45. The molecule has 10 heteroatoms. The molecule has 0 bridgehead atoms. The van der Waals surface area contributed by atoms with Gasteiger partial charge in [-0.1, -0.05) is 0 Å². The van der Waals surface area contributed by atoms with Crippen LogP contribution in [0.25, 0.3) is 0 Å². The molecule has 118 valence electrons. The Bertz CT molecular complexity index is 572. The molecule has 0 aliphatic rings. The lowest BCUT2D eigenvalue weighted by Gasteiger charge is -2.28. The molecule has 9 nitrogen and oxygen atoms in total. The predicted molar refractivity (Wildman–Crippen MR) is 63.1 cm³/mol. The molecule has 3 N–H and O–H groups in total. The Kier molecular flexibility index (Phi) is 5.82. The summed E-state index contributed by atoms with van der Waals surface area (Å²) in [5.74, 6) is -1.48. The largest absolute Gasteiger partial charge is 0.790 e. The summed E-state index contributed by atoms with van der Waals surface area (Å²) in [4.78, 5) is 35.5. The summed E-state index contributed by atoms with van der Waals surface area (Å²) in [6.45, 7) is 2.39. The predicted octanol–water partition coefficient (Wildman–Crippen LogP) is -3.36. The van der Waals surface area contributed by atoms with Gasteiger partial charge in [-0.15, -0.1) is 0 Å². The molecule has 0 radical (unpaired) electrons. The molecule has 0 unspecified atom stereocenters. The lowest BCUT2D eigenvalue weighted by molar-refractivity contribution is -0.695. The molecule has 0 saturated heterocycles. The molecule has 0 aliphatic heterocycles. The van der Waals surface area contributed by atoms with Gasteiger partial charge < -0.3 is 39.2 Å². The summed E-state index contributed by atoms with van der Waals surface area (Å²) < 4.78 is 14.7. The fraction of sp³-hybridized carbons (Fsp3) is 0.455. The number of hydrogen-bond acceptors (Lipinski definition) is 8. The minimum atomic E-state index is -5.16. The van der Waals surface area contributed by atoms with E-state index >= 15 is 0 Å². The zero-order valence-electron chi connectivity index (χ0n) is 11.4. The van der Waals surface area contributed by atoms with E-state index < -0.39 is 26.4 Å². The van der Waals surface area contributed by atoms with Crippen molar-refractivity contribution in [2.45, 2.75) is 33.0 Å². The number of quaternary nitrogens is 1. The molecular formula is C11H15N2O7P-2. The molecule has 0 amide bonds. The van der Waals surface area contributed by atoms with E-state index in [2.05, 4.69) is 9.51 Å². The Morgan fingerprint density at radius 3 is 2.71 bits per heavy atom. The van der Waals surface area contributed by atoms with Crippen molar-refractivity contribution in [2.24, 2.45) is 0 Å². The van der Waals surface area contributed by atoms with Crippen LogP contribution in [0.15, 0.2) is 6.20 Å². The highest BCUT2D eigenvalue weighted by molar-refractivity contribution is 7.43. The van der Waals surface area contributed by atoms with E-state index in [0.29, 0.717) is 0 Å². The summed E-state index contributed by atoms with van der Waals surface area (Å²) in [6, 6.07) is -0.864. The number of carbonyl (C=O) groups is 1. The lowest BCUT2D eigenvalue weighted by atomic mass is 10.1. The third kappa shape index (κ3) is 5.41. The van der Waals surface area contributed by atoms with Gasteiger partial charge in [-0.3, -0.25) is 4.98 Å². The van der Waals surface area contributed by atoms with Crippen molar-refractivity contribution in [3.63, 3.8) is 0 Å². The number of carbonyl (C=O) groups excluding carboxylic acids is 1. The quantitative estimate of drug-likeness (QED) is 0.492. The molecule has 1 aromatic rings. The monoisotopic (exact) mass is 318 g/mol. The second kappa shape index (κ2) is 6.97. The standard InChI is InChI=1S/C11H17N2O7P/c1-6-10(14)9(4-13-7(2)11(15)16)8(3-12-6)5-20-21(17,18)19/h3,7,13-14H,4-5H2,1-2H3,(H,15,16)(H2,17,18,19)/p-2/t7-/m1/s1. The van der Waals surface area contributed by atoms with Crippen LogP contribution in [0.1, 0.15) is 23.7 Å². The zero-order valence-corrected chi connectivity index (χ0v) is 12.3. The van der Waals surface area contributed by atoms with E-state index in [1.165, 1.54) is 25.4 Å². The number of pyridine rings is 1. The van der Waals surface area contributed by atoms with Crippen molar-refractivity contribution < 1.29 is 39.2 Å². The smallest absolute Gasteiger partial charge is 0.145 e. The van der Waals surface area contributed by atoms with Crippen LogP contribution in [0.4, 0.5) is 0 Å². The first kappa shape index (κ1) is 17.5. The number of nitrogens with two attached hydrogens (primary N) is 1. The van der Waals surface area contributed by atoms with Crippen LogP contribution in [0.2, 0.25) is 0 Å². The second-order valence-corrected chi connectivity index (χ2v) is 5.62. The maximum Gasteiger partial charge on any atom is 0.145 e. The third-order valence-corrected chi connectivity index (χ3v) is 3.30.